The van der Waals surface area contributed by atoms with Gasteiger partial charge in [0, 0.05) is 15.7 Å². The lowest BCUT2D eigenvalue weighted by atomic mass is 10.1. The number of amides is 1. The summed E-state index contributed by atoms with van der Waals surface area (Å²) < 4.78 is 14.5. The molecule has 0 radical (unpaired) electrons. The van der Waals surface area contributed by atoms with Crippen LogP contribution in [0.2, 0.25) is 0 Å². The lowest BCUT2D eigenvalue weighted by Gasteiger charge is -2.09. The van der Waals surface area contributed by atoms with Crippen LogP contribution in [0.3, 0.4) is 0 Å². The van der Waals surface area contributed by atoms with Crippen LogP contribution in [-0.2, 0) is 0 Å². The number of nitrogens with one attached hydrogen (secondary N) is 1. The third kappa shape index (κ3) is 3.12. The molecular formula is C14H12BrFN2O. The summed E-state index contributed by atoms with van der Waals surface area (Å²) in [5.74, 6) is -0.906. The zero-order chi connectivity index (χ0) is 14.0. The highest BCUT2D eigenvalue weighted by molar-refractivity contribution is 9.10. The Hall–Kier alpha value is -1.88. The number of nitrogens with two attached hydrogens (primary N) is 1. The molecule has 19 heavy (non-hydrogen) atoms. The second-order valence-electron chi connectivity index (χ2n) is 4.15. The molecule has 0 aliphatic carbocycles. The quantitative estimate of drug-likeness (QED) is 0.828. The highest BCUT2D eigenvalue weighted by Crippen LogP contribution is 2.20. The number of aryl methyl sites for hydroxylation is 1. The van der Waals surface area contributed by atoms with Gasteiger partial charge in [-0.2, -0.15) is 0 Å². The number of hydrogen-bond donors (Lipinski definition) is 2. The predicted molar refractivity (Wildman–Crippen MR) is 77.6 cm³/mol. The first-order chi connectivity index (χ1) is 8.97. The van der Waals surface area contributed by atoms with Crippen molar-refractivity contribution in [1.29, 1.82) is 0 Å². The van der Waals surface area contributed by atoms with E-state index in [1.807, 2.05) is 13.0 Å². The third-order valence-corrected chi connectivity index (χ3v) is 3.17. The number of halogens is 2. The molecule has 0 aliphatic rings. The summed E-state index contributed by atoms with van der Waals surface area (Å²) in [7, 11) is 0. The molecule has 2 aromatic carbocycles. The standard InChI is InChI=1S/C14H12BrFN2O/c1-8-6-9(15)2-4-11(8)14(19)18-13-5-3-10(17)7-12(13)16/h2-7H,17H2,1H3,(H,18,19). The molecule has 98 valence electrons. The van der Waals surface area contributed by atoms with Gasteiger partial charge in [0.2, 0.25) is 0 Å². The number of hydrogen-bond acceptors (Lipinski definition) is 2. The largest absolute Gasteiger partial charge is 0.399 e. The summed E-state index contributed by atoms with van der Waals surface area (Å²) in [4.78, 5) is 12.1. The van der Waals surface area contributed by atoms with E-state index in [0.29, 0.717) is 11.3 Å². The molecular weight excluding hydrogens is 311 g/mol. The van der Waals surface area contributed by atoms with E-state index in [1.165, 1.54) is 18.2 Å². The maximum absolute atomic E-state index is 13.6. The number of carbonyl (C=O) groups is 1. The highest BCUT2D eigenvalue weighted by atomic mass is 79.9. The minimum absolute atomic E-state index is 0.113. The van der Waals surface area contributed by atoms with Gasteiger partial charge in [-0.3, -0.25) is 4.79 Å². The summed E-state index contributed by atoms with van der Waals surface area (Å²) in [6.07, 6.45) is 0. The maximum Gasteiger partial charge on any atom is 0.256 e. The fourth-order valence-electron chi connectivity index (χ4n) is 1.70. The Labute approximate surface area is 118 Å². The van der Waals surface area contributed by atoms with Gasteiger partial charge >= 0.3 is 0 Å². The van der Waals surface area contributed by atoms with Crippen LogP contribution in [0.4, 0.5) is 15.8 Å². The van der Waals surface area contributed by atoms with E-state index in [2.05, 4.69) is 21.2 Å². The number of rotatable bonds is 2. The highest BCUT2D eigenvalue weighted by Gasteiger charge is 2.11. The van der Waals surface area contributed by atoms with E-state index in [4.69, 9.17) is 5.73 Å². The zero-order valence-corrected chi connectivity index (χ0v) is 11.8. The first kappa shape index (κ1) is 13.5. The van der Waals surface area contributed by atoms with Crippen molar-refractivity contribution in [2.45, 2.75) is 6.92 Å². The molecule has 0 unspecified atom stereocenters. The molecule has 0 aromatic heterocycles. The van der Waals surface area contributed by atoms with E-state index in [0.717, 1.165) is 10.0 Å². The molecule has 0 atom stereocenters. The molecule has 0 heterocycles. The molecule has 2 aromatic rings. The van der Waals surface area contributed by atoms with Crippen molar-refractivity contribution < 1.29 is 9.18 Å². The maximum atomic E-state index is 13.6. The Morgan fingerprint density at radius 2 is 2.00 bits per heavy atom. The smallest absolute Gasteiger partial charge is 0.256 e. The summed E-state index contributed by atoms with van der Waals surface area (Å²) in [6, 6.07) is 9.42. The topological polar surface area (TPSA) is 55.1 Å². The first-order valence-electron chi connectivity index (χ1n) is 5.60. The number of carbonyl (C=O) groups excluding carboxylic acids is 1. The van der Waals surface area contributed by atoms with Crippen molar-refractivity contribution in [3.8, 4) is 0 Å². The minimum atomic E-state index is -0.553. The van der Waals surface area contributed by atoms with Crippen LogP contribution in [0.15, 0.2) is 40.9 Å². The number of anilines is 2. The van der Waals surface area contributed by atoms with Crippen molar-refractivity contribution in [3.05, 3.63) is 57.8 Å². The molecule has 0 saturated carbocycles. The molecule has 5 heteroatoms. The fraction of sp³-hybridized carbons (Fsp3) is 0.0714. The molecule has 1 amide bonds. The van der Waals surface area contributed by atoms with Crippen molar-refractivity contribution in [1.82, 2.24) is 0 Å². The average Bonchev–Trinajstić information content (AvgIpc) is 2.32. The van der Waals surface area contributed by atoms with Gasteiger partial charge in [0.25, 0.3) is 5.91 Å². The lowest BCUT2D eigenvalue weighted by molar-refractivity contribution is 0.102. The normalized spacial score (nSPS) is 10.3. The Balaban J connectivity index is 2.25. The average molecular weight is 323 g/mol. The van der Waals surface area contributed by atoms with Crippen LogP contribution in [0, 0.1) is 12.7 Å². The molecule has 0 bridgehead atoms. The fourth-order valence-corrected chi connectivity index (χ4v) is 2.18. The summed E-state index contributed by atoms with van der Waals surface area (Å²) in [6.45, 7) is 1.82. The van der Waals surface area contributed by atoms with Gasteiger partial charge in [-0.15, -0.1) is 0 Å². The Bertz CT molecular complexity index is 643. The zero-order valence-electron chi connectivity index (χ0n) is 10.2. The van der Waals surface area contributed by atoms with Crippen molar-refractivity contribution in [3.63, 3.8) is 0 Å². The number of benzene rings is 2. The molecule has 0 fully saturated rings. The van der Waals surface area contributed by atoms with E-state index in [-0.39, 0.29) is 11.6 Å². The van der Waals surface area contributed by atoms with Crippen molar-refractivity contribution >= 4 is 33.2 Å². The monoisotopic (exact) mass is 322 g/mol. The van der Waals surface area contributed by atoms with Crippen LogP contribution in [0.25, 0.3) is 0 Å². The van der Waals surface area contributed by atoms with Crippen LogP contribution in [0.1, 0.15) is 15.9 Å². The summed E-state index contributed by atoms with van der Waals surface area (Å²) >= 11 is 3.33. The molecule has 2 rings (SSSR count). The summed E-state index contributed by atoms with van der Waals surface area (Å²) in [5.41, 5.74) is 7.19. The molecule has 3 nitrogen and oxygen atoms in total. The Kier molecular flexibility index (Phi) is 3.85. The molecule has 0 saturated heterocycles. The van der Waals surface area contributed by atoms with E-state index in [1.54, 1.807) is 12.1 Å². The lowest BCUT2D eigenvalue weighted by Crippen LogP contribution is -2.14. The second kappa shape index (κ2) is 5.40. The predicted octanol–water partition coefficient (Wildman–Crippen LogP) is 3.73. The second-order valence-corrected chi connectivity index (χ2v) is 5.07. The first-order valence-corrected chi connectivity index (χ1v) is 6.39. The number of nitrogen functional groups attached to an aromatic ring is 1. The molecule has 0 aliphatic heterocycles. The Morgan fingerprint density at radius 1 is 1.26 bits per heavy atom. The van der Waals surface area contributed by atoms with Crippen molar-refractivity contribution in [2.24, 2.45) is 0 Å². The van der Waals surface area contributed by atoms with Gasteiger partial charge in [0.1, 0.15) is 5.82 Å². The summed E-state index contributed by atoms with van der Waals surface area (Å²) in [5, 5.41) is 2.53. The van der Waals surface area contributed by atoms with Crippen LogP contribution in [-0.4, -0.2) is 5.91 Å². The van der Waals surface area contributed by atoms with Gasteiger partial charge in [-0.1, -0.05) is 15.9 Å². The minimum Gasteiger partial charge on any atom is -0.399 e. The molecule has 3 N–H and O–H groups in total. The molecule has 0 spiro atoms. The Morgan fingerprint density at radius 3 is 2.63 bits per heavy atom. The van der Waals surface area contributed by atoms with Crippen LogP contribution in [0.5, 0.6) is 0 Å². The van der Waals surface area contributed by atoms with Gasteiger partial charge in [0.05, 0.1) is 5.69 Å². The van der Waals surface area contributed by atoms with Gasteiger partial charge in [0.15, 0.2) is 0 Å². The SMILES string of the molecule is Cc1cc(Br)ccc1C(=O)Nc1ccc(N)cc1F. The third-order valence-electron chi connectivity index (χ3n) is 2.67. The van der Waals surface area contributed by atoms with Crippen molar-refractivity contribution in [2.75, 3.05) is 11.1 Å². The van der Waals surface area contributed by atoms with E-state index >= 15 is 0 Å². The van der Waals surface area contributed by atoms with Gasteiger partial charge in [-0.25, -0.2) is 4.39 Å². The van der Waals surface area contributed by atoms with Gasteiger partial charge < -0.3 is 11.1 Å². The van der Waals surface area contributed by atoms with Crippen LogP contribution >= 0.6 is 15.9 Å². The van der Waals surface area contributed by atoms with E-state index < -0.39 is 5.82 Å². The van der Waals surface area contributed by atoms with E-state index in [9.17, 15) is 9.18 Å². The van der Waals surface area contributed by atoms with Gasteiger partial charge in [-0.05, 0) is 48.9 Å². The van der Waals surface area contributed by atoms with Crippen LogP contribution < -0.4 is 11.1 Å².